The highest BCUT2D eigenvalue weighted by Gasteiger charge is 2.16. The third-order valence-corrected chi connectivity index (χ3v) is 4.68. The number of benzene rings is 1. The molecule has 1 aliphatic heterocycles. The van der Waals surface area contributed by atoms with Gasteiger partial charge < -0.3 is 25.0 Å². The summed E-state index contributed by atoms with van der Waals surface area (Å²) in [6.45, 7) is 4.62. The van der Waals surface area contributed by atoms with Crippen LogP contribution in [-0.4, -0.2) is 71.5 Å². The molecule has 152 valence electrons. The predicted octanol–water partition coefficient (Wildman–Crippen LogP) is 2.04. The zero-order valence-corrected chi connectivity index (χ0v) is 16.7. The van der Waals surface area contributed by atoms with Crippen molar-refractivity contribution >= 4 is 5.96 Å². The van der Waals surface area contributed by atoms with E-state index in [9.17, 15) is 4.39 Å². The lowest BCUT2D eigenvalue weighted by Gasteiger charge is -2.26. The fraction of sp³-hybridized carbons (Fsp3) is 0.650. The molecule has 1 fully saturated rings. The van der Waals surface area contributed by atoms with Crippen molar-refractivity contribution in [2.45, 2.75) is 18.9 Å². The first-order valence-corrected chi connectivity index (χ1v) is 9.62. The Morgan fingerprint density at radius 2 is 2.26 bits per heavy atom. The monoisotopic (exact) mass is 380 g/mol. The first-order chi connectivity index (χ1) is 13.1. The number of aliphatic imine (C=N–C) groups is 1. The van der Waals surface area contributed by atoms with Gasteiger partial charge in [-0.2, -0.15) is 0 Å². The topological polar surface area (TPSA) is 58.1 Å². The van der Waals surface area contributed by atoms with Gasteiger partial charge in [0.2, 0.25) is 0 Å². The lowest BCUT2D eigenvalue weighted by molar-refractivity contribution is 0.0888. The highest BCUT2D eigenvalue weighted by Crippen LogP contribution is 2.18. The molecule has 27 heavy (non-hydrogen) atoms. The van der Waals surface area contributed by atoms with Gasteiger partial charge in [0.1, 0.15) is 5.82 Å². The molecule has 0 spiro atoms. The number of ether oxygens (including phenoxy) is 2. The van der Waals surface area contributed by atoms with E-state index in [1.165, 1.54) is 6.07 Å². The van der Waals surface area contributed by atoms with Crippen molar-refractivity contribution in [3.05, 3.63) is 35.6 Å². The standard InChI is InChI=1S/C20H33FN4O2/c1-22-20(23-9-5-10-26-14-16-8-11-27-15-16)24-13-19(25(2)3)17-6-4-7-18(21)12-17/h4,6-7,12,16,19H,5,8-11,13-15H2,1-3H3,(H2,22,23,24). The van der Waals surface area contributed by atoms with Gasteiger partial charge in [0, 0.05) is 39.3 Å². The van der Waals surface area contributed by atoms with Gasteiger partial charge >= 0.3 is 0 Å². The summed E-state index contributed by atoms with van der Waals surface area (Å²) in [7, 11) is 5.72. The van der Waals surface area contributed by atoms with E-state index in [1.807, 2.05) is 20.2 Å². The van der Waals surface area contributed by atoms with Crippen LogP contribution < -0.4 is 10.6 Å². The Kier molecular flexibility index (Phi) is 9.52. The van der Waals surface area contributed by atoms with Gasteiger partial charge in [-0.3, -0.25) is 4.99 Å². The molecule has 2 N–H and O–H groups in total. The van der Waals surface area contributed by atoms with Gasteiger partial charge in [0.15, 0.2) is 5.96 Å². The molecule has 2 unspecified atom stereocenters. The van der Waals surface area contributed by atoms with Crippen molar-refractivity contribution < 1.29 is 13.9 Å². The molecule has 1 heterocycles. The molecule has 0 aromatic heterocycles. The highest BCUT2D eigenvalue weighted by molar-refractivity contribution is 5.79. The van der Waals surface area contributed by atoms with Crippen molar-refractivity contribution in [2.75, 3.05) is 60.7 Å². The molecular weight excluding hydrogens is 347 g/mol. The van der Waals surface area contributed by atoms with Gasteiger partial charge in [-0.1, -0.05) is 12.1 Å². The molecule has 0 bridgehead atoms. The van der Waals surface area contributed by atoms with Gasteiger partial charge in [-0.15, -0.1) is 0 Å². The van der Waals surface area contributed by atoms with Gasteiger partial charge in [0.25, 0.3) is 0 Å². The maximum absolute atomic E-state index is 13.5. The summed E-state index contributed by atoms with van der Waals surface area (Å²) in [5, 5.41) is 6.62. The van der Waals surface area contributed by atoms with E-state index in [0.717, 1.165) is 57.3 Å². The Labute approximate surface area is 162 Å². The molecule has 0 aliphatic carbocycles. The van der Waals surface area contributed by atoms with Crippen molar-refractivity contribution in [1.82, 2.24) is 15.5 Å². The van der Waals surface area contributed by atoms with Gasteiger partial charge in [-0.05, 0) is 44.6 Å². The van der Waals surface area contributed by atoms with Crippen LogP contribution in [-0.2, 0) is 9.47 Å². The first kappa shape index (κ1) is 21.6. The Morgan fingerprint density at radius 1 is 1.41 bits per heavy atom. The molecule has 2 atom stereocenters. The molecule has 7 heteroatoms. The molecule has 2 rings (SSSR count). The minimum atomic E-state index is -0.217. The third kappa shape index (κ3) is 7.82. The number of hydrogen-bond acceptors (Lipinski definition) is 4. The van der Waals surface area contributed by atoms with Crippen LogP contribution in [0.5, 0.6) is 0 Å². The lowest BCUT2D eigenvalue weighted by atomic mass is 10.1. The summed E-state index contributed by atoms with van der Waals surface area (Å²) in [6, 6.07) is 6.78. The van der Waals surface area contributed by atoms with Crippen molar-refractivity contribution in [1.29, 1.82) is 0 Å². The van der Waals surface area contributed by atoms with E-state index in [2.05, 4.69) is 20.5 Å². The van der Waals surface area contributed by atoms with E-state index >= 15 is 0 Å². The Morgan fingerprint density at radius 3 is 2.93 bits per heavy atom. The number of halogens is 1. The van der Waals surface area contributed by atoms with Crippen LogP contribution in [0.15, 0.2) is 29.3 Å². The maximum Gasteiger partial charge on any atom is 0.191 e. The van der Waals surface area contributed by atoms with Gasteiger partial charge in [-0.25, -0.2) is 4.39 Å². The molecule has 1 aromatic carbocycles. The average Bonchev–Trinajstić information content (AvgIpc) is 3.16. The van der Waals surface area contributed by atoms with Crippen LogP contribution in [0.3, 0.4) is 0 Å². The quantitative estimate of drug-likeness (QED) is 0.370. The van der Waals surface area contributed by atoms with Crippen molar-refractivity contribution in [3.63, 3.8) is 0 Å². The zero-order valence-electron chi connectivity index (χ0n) is 16.7. The van der Waals surface area contributed by atoms with Crippen LogP contribution in [0.1, 0.15) is 24.4 Å². The van der Waals surface area contributed by atoms with Crippen molar-refractivity contribution in [2.24, 2.45) is 10.9 Å². The normalized spacial score (nSPS) is 18.7. The predicted molar refractivity (Wildman–Crippen MR) is 107 cm³/mol. The second-order valence-electron chi connectivity index (χ2n) is 7.07. The van der Waals surface area contributed by atoms with Crippen LogP contribution >= 0.6 is 0 Å². The number of hydrogen-bond donors (Lipinski definition) is 2. The summed E-state index contributed by atoms with van der Waals surface area (Å²) in [4.78, 5) is 6.32. The minimum Gasteiger partial charge on any atom is -0.381 e. The van der Waals surface area contributed by atoms with Crippen LogP contribution in [0.2, 0.25) is 0 Å². The minimum absolute atomic E-state index is 0.0520. The Hall–Kier alpha value is -1.70. The second kappa shape index (κ2) is 11.9. The SMILES string of the molecule is CN=C(NCCCOCC1CCOC1)NCC(c1cccc(F)c1)N(C)C. The molecule has 0 saturated carbocycles. The maximum atomic E-state index is 13.5. The van der Waals surface area contributed by atoms with E-state index in [-0.39, 0.29) is 11.9 Å². The smallest absolute Gasteiger partial charge is 0.191 e. The van der Waals surface area contributed by atoms with E-state index in [4.69, 9.17) is 9.47 Å². The van der Waals surface area contributed by atoms with Crippen LogP contribution in [0.4, 0.5) is 4.39 Å². The number of nitrogens with one attached hydrogen (secondary N) is 2. The van der Waals surface area contributed by atoms with Crippen LogP contribution in [0, 0.1) is 11.7 Å². The molecule has 1 aromatic rings. The lowest BCUT2D eigenvalue weighted by Crippen LogP contribution is -2.42. The molecular formula is C20H33FN4O2. The highest BCUT2D eigenvalue weighted by atomic mass is 19.1. The number of nitrogens with zero attached hydrogens (tertiary/aromatic N) is 2. The Bertz CT molecular complexity index is 577. The van der Waals surface area contributed by atoms with Crippen molar-refractivity contribution in [3.8, 4) is 0 Å². The summed E-state index contributed by atoms with van der Waals surface area (Å²) in [5.41, 5.74) is 0.937. The van der Waals surface area contributed by atoms with E-state index in [0.29, 0.717) is 12.5 Å². The summed E-state index contributed by atoms with van der Waals surface area (Å²) >= 11 is 0. The molecule has 1 aliphatic rings. The first-order valence-electron chi connectivity index (χ1n) is 9.62. The Balaban J connectivity index is 1.67. The number of guanidine groups is 1. The van der Waals surface area contributed by atoms with E-state index in [1.54, 1.807) is 19.2 Å². The molecule has 6 nitrogen and oxygen atoms in total. The van der Waals surface area contributed by atoms with Crippen LogP contribution in [0.25, 0.3) is 0 Å². The number of rotatable bonds is 10. The largest absolute Gasteiger partial charge is 0.381 e. The molecule has 1 saturated heterocycles. The van der Waals surface area contributed by atoms with Gasteiger partial charge in [0.05, 0.1) is 19.3 Å². The zero-order chi connectivity index (χ0) is 19.5. The summed E-state index contributed by atoms with van der Waals surface area (Å²) < 4.78 is 24.6. The molecule has 0 amide bonds. The third-order valence-electron chi connectivity index (χ3n) is 4.68. The second-order valence-corrected chi connectivity index (χ2v) is 7.07. The number of likely N-dealkylation sites (N-methyl/N-ethyl adjacent to an activating group) is 1. The average molecular weight is 381 g/mol. The fourth-order valence-corrected chi connectivity index (χ4v) is 3.07. The summed E-state index contributed by atoms with van der Waals surface area (Å²) in [5.74, 6) is 1.08. The van der Waals surface area contributed by atoms with E-state index < -0.39 is 0 Å². The fourth-order valence-electron chi connectivity index (χ4n) is 3.07. The molecule has 0 radical (unpaired) electrons. The summed E-state index contributed by atoms with van der Waals surface area (Å²) in [6.07, 6.45) is 2.02.